The molecule has 0 aliphatic carbocycles. The number of hydrogen-bond acceptors (Lipinski definition) is 0. The summed E-state index contributed by atoms with van der Waals surface area (Å²) in [4.78, 5) is 0. The fraction of sp³-hybridized carbons (Fsp3) is 0.857. The molecule has 12 heavy (non-hydrogen) atoms. The van der Waals surface area contributed by atoms with Crippen molar-refractivity contribution < 1.29 is 22.0 Å². The van der Waals surface area contributed by atoms with Crippen LogP contribution in [0.3, 0.4) is 0 Å². The lowest BCUT2D eigenvalue weighted by atomic mass is 10.1. The largest absolute Gasteiger partial charge is 0.278 e. The van der Waals surface area contributed by atoms with E-state index in [1.54, 1.807) is 0 Å². The van der Waals surface area contributed by atoms with Crippen molar-refractivity contribution in [3.8, 4) is 0 Å². The summed E-state index contributed by atoms with van der Waals surface area (Å²) in [5, 5.41) is 0. The molecule has 0 aromatic carbocycles. The van der Waals surface area contributed by atoms with Crippen molar-refractivity contribution in [1.29, 1.82) is 0 Å². The Bertz CT molecular complexity index is 137. The van der Waals surface area contributed by atoms with Gasteiger partial charge in [0.1, 0.15) is 0 Å². The molecule has 1 radical (unpaired) electrons. The average Bonchev–Trinajstić information content (AvgIpc) is 1.84. The van der Waals surface area contributed by atoms with Crippen LogP contribution in [-0.2, 0) is 0 Å². The number of halogens is 5. The highest BCUT2D eigenvalue weighted by Crippen LogP contribution is 2.32. The molecule has 0 bridgehead atoms. The fourth-order valence-corrected chi connectivity index (χ4v) is 0.621. The zero-order valence-corrected chi connectivity index (χ0v) is 6.59. The number of rotatable bonds is 4. The highest BCUT2D eigenvalue weighted by molar-refractivity contribution is 4.81. The number of hydrogen-bond donors (Lipinski definition) is 0. The standard InChI is InChI=1S/C7H10F5/c1-3-7(11,12)5(8)4-6(2,9)10/h5H,1,3-4H2,2H3/t5-/m0/s1. The quantitative estimate of drug-likeness (QED) is 0.595. The zero-order chi connectivity index (χ0) is 9.99. The van der Waals surface area contributed by atoms with Crippen molar-refractivity contribution in [1.82, 2.24) is 0 Å². The van der Waals surface area contributed by atoms with E-state index in [0.29, 0.717) is 6.92 Å². The molecule has 0 saturated carbocycles. The molecule has 0 heterocycles. The molecular formula is C7H10F5. The molecule has 0 aromatic rings. The van der Waals surface area contributed by atoms with E-state index in [9.17, 15) is 22.0 Å². The predicted molar refractivity (Wildman–Crippen MR) is 35.1 cm³/mol. The lowest BCUT2D eigenvalue weighted by Crippen LogP contribution is -2.33. The summed E-state index contributed by atoms with van der Waals surface area (Å²) in [6.45, 7) is 3.18. The fourth-order valence-electron chi connectivity index (χ4n) is 0.621. The maximum Gasteiger partial charge on any atom is 0.278 e. The summed E-state index contributed by atoms with van der Waals surface area (Å²) >= 11 is 0. The van der Waals surface area contributed by atoms with Gasteiger partial charge in [0.15, 0.2) is 6.17 Å². The van der Waals surface area contributed by atoms with Gasteiger partial charge >= 0.3 is 0 Å². The molecule has 1 atom stereocenters. The lowest BCUT2D eigenvalue weighted by molar-refractivity contribution is -0.109. The second-order valence-electron chi connectivity index (χ2n) is 2.75. The van der Waals surface area contributed by atoms with Crippen molar-refractivity contribution in [3.05, 3.63) is 6.92 Å². The first-order chi connectivity index (χ1) is 5.19. The maximum atomic E-state index is 12.4. The van der Waals surface area contributed by atoms with E-state index < -0.39 is 30.9 Å². The van der Waals surface area contributed by atoms with E-state index >= 15 is 0 Å². The third kappa shape index (κ3) is 3.88. The summed E-state index contributed by atoms with van der Waals surface area (Å²) in [6.07, 6.45) is -5.30. The third-order valence-electron chi connectivity index (χ3n) is 1.33. The SMILES string of the molecule is [CH2]CC(F)(F)[C@@H](F)CC(C)(F)F. The topological polar surface area (TPSA) is 0 Å². The minimum absolute atomic E-state index is 0.402. The van der Waals surface area contributed by atoms with Crippen LogP contribution < -0.4 is 0 Å². The predicted octanol–water partition coefficient (Wildman–Crippen LogP) is 3.23. The van der Waals surface area contributed by atoms with Crippen LogP contribution in [0.25, 0.3) is 0 Å². The molecule has 0 amide bonds. The van der Waals surface area contributed by atoms with Gasteiger partial charge in [-0.25, -0.2) is 22.0 Å². The smallest absolute Gasteiger partial charge is 0.241 e. The molecule has 73 valence electrons. The van der Waals surface area contributed by atoms with Gasteiger partial charge in [0.2, 0.25) is 5.92 Å². The van der Waals surface area contributed by atoms with Crippen molar-refractivity contribution >= 4 is 0 Å². The molecule has 0 nitrogen and oxygen atoms in total. The van der Waals surface area contributed by atoms with E-state index in [2.05, 4.69) is 6.92 Å². The van der Waals surface area contributed by atoms with Crippen molar-refractivity contribution in [3.63, 3.8) is 0 Å². The van der Waals surface area contributed by atoms with Crippen molar-refractivity contribution in [2.24, 2.45) is 0 Å². The van der Waals surface area contributed by atoms with Gasteiger partial charge in [-0.1, -0.05) is 0 Å². The van der Waals surface area contributed by atoms with Gasteiger partial charge in [-0.3, -0.25) is 0 Å². The van der Waals surface area contributed by atoms with Gasteiger partial charge in [0, 0.05) is 12.8 Å². The molecule has 0 spiro atoms. The Kier molecular flexibility index (Phi) is 3.47. The van der Waals surface area contributed by atoms with Crippen LogP contribution in [0.1, 0.15) is 19.8 Å². The summed E-state index contributed by atoms with van der Waals surface area (Å²) in [5.41, 5.74) is 0. The van der Waals surface area contributed by atoms with Gasteiger partial charge in [-0.15, -0.1) is 0 Å². The molecule has 5 heteroatoms. The van der Waals surface area contributed by atoms with Crippen LogP contribution in [0.2, 0.25) is 0 Å². The third-order valence-corrected chi connectivity index (χ3v) is 1.33. The van der Waals surface area contributed by atoms with Gasteiger partial charge in [0.05, 0.1) is 0 Å². The highest BCUT2D eigenvalue weighted by Gasteiger charge is 2.42. The van der Waals surface area contributed by atoms with Gasteiger partial charge in [-0.2, -0.15) is 0 Å². The molecule has 0 aliphatic heterocycles. The Balaban J connectivity index is 4.13. The molecule has 0 rings (SSSR count). The van der Waals surface area contributed by atoms with E-state index in [1.165, 1.54) is 0 Å². The molecule has 0 unspecified atom stereocenters. The van der Waals surface area contributed by atoms with Gasteiger partial charge in [-0.05, 0) is 13.8 Å². The van der Waals surface area contributed by atoms with Gasteiger partial charge in [0.25, 0.3) is 5.92 Å². The molecule has 0 aromatic heterocycles. The van der Waals surface area contributed by atoms with E-state index in [1.807, 2.05) is 0 Å². The Morgan fingerprint density at radius 2 is 1.67 bits per heavy atom. The van der Waals surface area contributed by atoms with Crippen LogP contribution in [-0.4, -0.2) is 18.0 Å². The van der Waals surface area contributed by atoms with Crippen LogP contribution >= 0.6 is 0 Å². The van der Waals surface area contributed by atoms with E-state index in [-0.39, 0.29) is 0 Å². The Morgan fingerprint density at radius 3 is 1.92 bits per heavy atom. The zero-order valence-electron chi connectivity index (χ0n) is 6.59. The van der Waals surface area contributed by atoms with Crippen LogP contribution in [0, 0.1) is 6.92 Å². The summed E-state index contributed by atoms with van der Waals surface area (Å²) in [7, 11) is 0. The summed E-state index contributed by atoms with van der Waals surface area (Å²) in [6, 6.07) is 0. The van der Waals surface area contributed by atoms with E-state index in [0.717, 1.165) is 0 Å². The molecule has 0 saturated heterocycles. The first kappa shape index (κ1) is 11.6. The van der Waals surface area contributed by atoms with Crippen molar-refractivity contribution in [2.45, 2.75) is 37.8 Å². The maximum absolute atomic E-state index is 12.4. The normalized spacial score (nSPS) is 16.2. The Labute approximate surface area is 67.8 Å². The van der Waals surface area contributed by atoms with Crippen LogP contribution in [0.5, 0.6) is 0 Å². The summed E-state index contributed by atoms with van der Waals surface area (Å²) in [5.74, 6) is -7.16. The average molecular weight is 189 g/mol. The minimum atomic E-state index is -3.75. The number of alkyl halides is 5. The Morgan fingerprint density at radius 1 is 1.25 bits per heavy atom. The lowest BCUT2D eigenvalue weighted by Gasteiger charge is -2.21. The first-order valence-corrected chi connectivity index (χ1v) is 3.38. The van der Waals surface area contributed by atoms with Crippen LogP contribution in [0.15, 0.2) is 0 Å². The minimum Gasteiger partial charge on any atom is -0.241 e. The highest BCUT2D eigenvalue weighted by atomic mass is 19.3. The van der Waals surface area contributed by atoms with E-state index in [4.69, 9.17) is 0 Å². The molecule has 0 N–H and O–H groups in total. The second-order valence-corrected chi connectivity index (χ2v) is 2.75. The Hall–Kier alpha value is -0.350. The molecular weight excluding hydrogens is 179 g/mol. The second kappa shape index (κ2) is 3.58. The van der Waals surface area contributed by atoms with Crippen molar-refractivity contribution in [2.75, 3.05) is 0 Å². The van der Waals surface area contributed by atoms with Gasteiger partial charge < -0.3 is 0 Å². The summed E-state index contributed by atoms with van der Waals surface area (Å²) < 4.78 is 61.1. The van der Waals surface area contributed by atoms with Crippen LogP contribution in [0.4, 0.5) is 22.0 Å². The monoisotopic (exact) mass is 189 g/mol. The first-order valence-electron chi connectivity index (χ1n) is 3.38. The molecule has 0 aliphatic rings. The molecule has 0 fully saturated rings.